The quantitative estimate of drug-likeness (QED) is 0.436. The number of amides is 2. The van der Waals surface area contributed by atoms with Gasteiger partial charge in [-0.3, -0.25) is 13.9 Å². The fraction of sp³-hybridized carbons (Fsp3) is 0.417. The van der Waals surface area contributed by atoms with E-state index < -0.39 is 28.5 Å². The molecule has 1 N–H and O–H groups in total. The minimum atomic E-state index is -3.78. The second kappa shape index (κ2) is 12.0. The molecule has 0 aromatic heterocycles. The van der Waals surface area contributed by atoms with Gasteiger partial charge in [-0.2, -0.15) is 0 Å². The molecule has 0 spiro atoms. The first-order valence-corrected chi connectivity index (χ1v) is 14.6. The lowest BCUT2D eigenvalue weighted by Gasteiger charge is -2.32. The molecule has 2 aromatic rings. The van der Waals surface area contributed by atoms with E-state index in [1.165, 1.54) is 4.90 Å². The van der Waals surface area contributed by atoms with E-state index in [0.29, 0.717) is 21.3 Å². The predicted octanol–water partition coefficient (Wildman–Crippen LogP) is 5.00. The molecule has 0 radical (unpaired) electrons. The normalized spacial score (nSPS) is 15.0. The molecule has 1 fully saturated rings. The second-order valence-electron chi connectivity index (χ2n) is 8.68. The van der Waals surface area contributed by atoms with Crippen LogP contribution in [0, 0.1) is 0 Å². The summed E-state index contributed by atoms with van der Waals surface area (Å²) in [5.74, 6) is -0.793. The number of sulfonamides is 1. The summed E-state index contributed by atoms with van der Waals surface area (Å²) in [4.78, 5) is 28.0. The first-order chi connectivity index (χ1) is 16.5. The zero-order valence-electron chi connectivity index (χ0n) is 19.5. The van der Waals surface area contributed by atoms with Crippen molar-refractivity contribution in [1.29, 1.82) is 0 Å². The van der Waals surface area contributed by atoms with Crippen LogP contribution < -0.4 is 9.62 Å². The molecule has 1 aliphatic rings. The minimum absolute atomic E-state index is 0.0624. The van der Waals surface area contributed by atoms with Gasteiger partial charge in [0.15, 0.2) is 0 Å². The maximum absolute atomic E-state index is 13.6. The van der Waals surface area contributed by atoms with Gasteiger partial charge in [-0.05, 0) is 61.7 Å². The van der Waals surface area contributed by atoms with Crippen molar-refractivity contribution in [1.82, 2.24) is 10.2 Å². The van der Waals surface area contributed by atoms with Gasteiger partial charge in [0, 0.05) is 17.1 Å². The number of benzene rings is 2. The largest absolute Gasteiger partial charge is 0.352 e. The van der Waals surface area contributed by atoms with Gasteiger partial charge in [0.2, 0.25) is 21.8 Å². The van der Waals surface area contributed by atoms with E-state index in [9.17, 15) is 18.0 Å². The van der Waals surface area contributed by atoms with Crippen LogP contribution in [-0.4, -0.2) is 50.0 Å². The fourth-order valence-corrected chi connectivity index (χ4v) is 5.46. The Morgan fingerprint density at radius 3 is 2.29 bits per heavy atom. The van der Waals surface area contributed by atoms with Crippen LogP contribution in [0.15, 0.2) is 46.9 Å². The van der Waals surface area contributed by atoms with E-state index in [0.717, 1.165) is 40.7 Å². The maximum Gasteiger partial charge on any atom is 0.244 e. The molecule has 1 unspecified atom stereocenters. The van der Waals surface area contributed by atoms with E-state index in [1.54, 1.807) is 49.4 Å². The number of nitrogens with zero attached hydrogens (tertiary/aromatic N) is 2. The molecule has 1 aliphatic carbocycles. The lowest BCUT2D eigenvalue weighted by atomic mass is 10.1. The van der Waals surface area contributed by atoms with E-state index in [1.807, 2.05) is 0 Å². The standard InChI is InChI=1S/C24H28BrCl2N3O4S/c1-16(24(32)28-19-5-3-4-6-19)29(14-17-7-12-21(26)22(27)13-17)23(31)15-30(35(2,33)34)20-10-8-18(25)9-11-20/h7-13,16,19H,3-6,14-15H2,1-2H3,(H,28,32). The summed E-state index contributed by atoms with van der Waals surface area (Å²) in [5, 5.41) is 3.72. The maximum atomic E-state index is 13.6. The summed E-state index contributed by atoms with van der Waals surface area (Å²) in [6.07, 6.45) is 4.97. The molecule has 11 heteroatoms. The highest BCUT2D eigenvalue weighted by atomic mass is 79.9. The molecule has 190 valence electrons. The molecule has 1 atom stereocenters. The Bertz CT molecular complexity index is 1170. The summed E-state index contributed by atoms with van der Waals surface area (Å²) in [6.45, 7) is 1.25. The highest BCUT2D eigenvalue weighted by molar-refractivity contribution is 9.10. The zero-order chi connectivity index (χ0) is 25.8. The van der Waals surface area contributed by atoms with Crippen LogP contribution in [0.25, 0.3) is 0 Å². The first kappa shape index (κ1) is 27.8. The summed E-state index contributed by atoms with van der Waals surface area (Å²) < 4.78 is 27.0. The fourth-order valence-electron chi connectivity index (χ4n) is 4.03. The van der Waals surface area contributed by atoms with Gasteiger partial charge in [0.25, 0.3) is 0 Å². The number of halogens is 3. The molecular weight excluding hydrogens is 577 g/mol. The van der Waals surface area contributed by atoms with Crippen LogP contribution in [0.5, 0.6) is 0 Å². The summed E-state index contributed by atoms with van der Waals surface area (Å²) in [5.41, 5.74) is 1.02. The molecule has 3 rings (SSSR count). The molecule has 35 heavy (non-hydrogen) atoms. The monoisotopic (exact) mass is 603 g/mol. The number of nitrogens with one attached hydrogen (secondary N) is 1. The SMILES string of the molecule is CC(C(=O)NC1CCCC1)N(Cc1ccc(Cl)c(Cl)c1)C(=O)CN(c1ccc(Br)cc1)S(C)(=O)=O. The number of hydrogen-bond donors (Lipinski definition) is 1. The number of carbonyl (C=O) groups excluding carboxylic acids is 2. The molecule has 1 saturated carbocycles. The summed E-state index contributed by atoms with van der Waals surface area (Å²) in [6, 6.07) is 10.8. The van der Waals surface area contributed by atoms with E-state index in [-0.39, 0.29) is 18.5 Å². The molecule has 7 nitrogen and oxygen atoms in total. The number of rotatable bonds is 9. The van der Waals surface area contributed by atoms with E-state index >= 15 is 0 Å². The average molecular weight is 605 g/mol. The summed E-state index contributed by atoms with van der Waals surface area (Å²) in [7, 11) is -3.78. The van der Waals surface area contributed by atoms with Crippen molar-refractivity contribution in [3.8, 4) is 0 Å². The Morgan fingerprint density at radius 2 is 1.71 bits per heavy atom. The van der Waals surface area contributed by atoms with Crippen molar-refractivity contribution in [3.05, 3.63) is 62.5 Å². The first-order valence-electron chi connectivity index (χ1n) is 11.2. The lowest BCUT2D eigenvalue weighted by Crippen LogP contribution is -2.52. The van der Waals surface area contributed by atoms with Crippen LogP contribution in [0.3, 0.4) is 0 Å². The van der Waals surface area contributed by atoms with Crippen molar-refractivity contribution in [2.75, 3.05) is 17.1 Å². The van der Waals surface area contributed by atoms with E-state index in [4.69, 9.17) is 23.2 Å². The highest BCUT2D eigenvalue weighted by Gasteiger charge is 2.31. The Labute approximate surface area is 224 Å². The number of anilines is 1. The van der Waals surface area contributed by atoms with E-state index in [2.05, 4.69) is 21.2 Å². The third-order valence-electron chi connectivity index (χ3n) is 6.00. The van der Waals surface area contributed by atoms with Crippen molar-refractivity contribution in [3.63, 3.8) is 0 Å². The van der Waals surface area contributed by atoms with Crippen molar-refractivity contribution in [2.24, 2.45) is 0 Å². The van der Waals surface area contributed by atoms with Crippen molar-refractivity contribution < 1.29 is 18.0 Å². The Hall–Kier alpha value is -1.81. The van der Waals surface area contributed by atoms with Crippen molar-refractivity contribution >= 4 is 66.7 Å². The number of carbonyl (C=O) groups is 2. The second-order valence-corrected chi connectivity index (χ2v) is 12.3. The van der Waals surface area contributed by atoms with Gasteiger partial charge >= 0.3 is 0 Å². The zero-order valence-corrected chi connectivity index (χ0v) is 23.4. The minimum Gasteiger partial charge on any atom is -0.352 e. The third kappa shape index (κ3) is 7.59. The van der Waals surface area contributed by atoms with Crippen LogP contribution in [0.2, 0.25) is 10.0 Å². The number of hydrogen-bond acceptors (Lipinski definition) is 4. The average Bonchev–Trinajstić information content (AvgIpc) is 3.30. The van der Waals surface area contributed by atoms with Crippen LogP contribution in [-0.2, 0) is 26.2 Å². The third-order valence-corrected chi connectivity index (χ3v) is 8.41. The smallest absolute Gasteiger partial charge is 0.244 e. The molecule has 0 saturated heterocycles. The lowest BCUT2D eigenvalue weighted by molar-refractivity contribution is -0.139. The molecule has 2 aromatic carbocycles. The Morgan fingerprint density at radius 1 is 1.09 bits per heavy atom. The van der Waals surface area contributed by atoms with Gasteiger partial charge in [-0.1, -0.05) is 58.0 Å². The van der Waals surface area contributed by atoms with Gasteiger partial charge in [0.05, 0.1) is 22.0 Å². The van der Waals surface area contributed by atoms with Crippen molar-refractivity contribution in [2.45, 2.75) is 51.2 Å². The molecule has 0 bridgehead atoms. The van der Waals surface area contributed by atoms with Crippen LogP contribution in [0.1, 0.15) is 38.2 Å². The molecular formula is C24H28BrCl2N3O4S. The van der Waals surface area contributed by atoms with Gasteiger partial charge in [-0.15, -0.1) is 0 Å². The Kier molecular flexibility index (Phi) is 9.48. The van der Waals surface area contributed by atoms with Crippen LogP contribution in [0.4, 0.5) is 5.69 Å². The van der Waals surface area contributed by atoms with Gasteiger partial charge < -0.3 is 10.2 Å². The Balaban J connectivity index is 1.88. The topological polar surface area (TPSA) is 86.8 Å². The van der Waals surface area contributed by atoms with Gasteiger partial charge in [-0.25, -0.2) is 8.42 Å². The molecule has 2 amide bonds. The summed E-state index contributed by atoms with van der Waals surface area (Å²) >= 11 is 15.5. The van der Waals surface area contributed by atoms with Crippen LogP contribution >= 0.6 is 39.1 Å². The highest BCUT2D eigenvalue weighted by Crippen LogP contribution is 2.25. The molecule has 0 heterocycles. The van der Waals surface area contributed by atoms with Gasteiger partial charge in [0.1, 0.15) is 12.6 Å². The molecule has 0 aliphatic heterocycles. The predicted molar refractivity (Wildman–Crippen MR) is 143 cm³/mol.